The lowest BCUT2D eigenvalue weighted by molar-refractivity contribution is -0.134. The van der Waals surface area contributed by atoms with Crippen molar-refractivity contribution in [3.05, 3.63) is 54.1 Å². The second kappa shape index (κ2) is 8.96. The average molecular weight is 451 g/mol. The van der Waals surface area contributed by atoms with Gasteiger partial charge in [-0.2, -0.15) is 0 Å². The first kappa shape index (κ1) is 21.0. The van der Waals surface area contributed by atoms with Crippen molar-refractivity contribution in [3.8, 4) is 0 Å². The van der Waals surface area contributed by atoms with Gasteiger partial charge in [-0.25, -0.2) is 0 Å². The van der Waals surface area contributed by atoms with Gasteiger partial charge in [0.05, 0.1) is 17.5 Å². The normalized spacial score (nSPS) is 20.5. The summed E-state index contributed by atoms with van der Waals surface area (Å²) in [6.07, 6.45) is 1.09. The Morgan fingerprint density at radius 2 is 1.69 bits per heavy atom. The van der Waals surface area contributed by atoms with Gasteiger partial charge in [0.15, 0.2) is 0 Å². The van der Waals surface area contributed by atoms with Gasteiger partial charge in [-0.15, -0.1) is 11.8 Å². The number of amides is 3. The Morgan fingerprint density at radius 3 is 2.53 bits per heavy atom. The molecule has 3 heterocycles. The summed E-state index contributed by atoms with van der Waals surface area (Å²) in [4.78, 5) is 44.9. The van der Waals surface area contributed by atoms with Gasteiger partial charge in [-0.05, 0) is 30.2 Å². The van der Waals surface area contributed by atoms with Crippen molar-refractivity contribution < 1.29 is 14.4 Å². The standard InChI is InChI=1S/C24H26N4O3S/c29-22(15-21-24(31)25-18-6-2-4-8-20(18)32-21)27-13-11-26(12-14-27)16-23(30)28-10-9-17-5-1-3-7-19(17)28/h1-8,21H,9-16H2,(H,25,31). The molecule has 0 aromatic heterocycles. The fourth-order valence-electron chi connectivity index (χ4n) is 4.54. The van der Waals surface area contributed by atoms with Gasteiger partial charge in [-0.1, -0.05) is 30.3 Å². The van der Waals surface area contributed by atoms with Crippen LogP contribution in [0.1, 0.15) is 12.0 Å². The highest BCUT2D eigenvalue weighted by molar-refractivity contribution is 8.01. The molecule has 0 saturated carbocycles. The van der Waals surface area contributed by atoms with Crippen molar-refractivity contribution >= 4 is 40.9 Å². The average Bonchev–Trinajstić information content (AvgIpc) is 3.24. The molecule has 1 unspecified atom stereocenters. The fourth-order valence-corrected chi connectivity index (χ4v) is 5.65. The number of hydrogen-bond donors (Lipinski definition) is 1. The van der Waals surface area contributed by atoms with Gasteiger partial charge in [0.25, 0.3) is 0 Å². The van der Waals surface area contributed by atoms with E-state index in [1.165, 1.54) is 17.3 Å². The van der Waals surface area contributed by atoms with Crippen LogP contribution in [0.15, 0.2) is 53.4 Å². The Bertz CT molecular complexity index is 1050. The van der Waals surface area contributed by atoms with E-state index in [2.05, 4.69) is 16.3 Å². The van der Waals surface area contributed by atoms with E-state index in [0.717, 1.165) is 29.2 Å². The summed E-state index contributed by atoms with van der Waals surface area (Å²) in [7, 11) is 0. The van der Waals surface area contributed by atoms with E-state index >= 15 is 0 Å². The summed E-state index contributed by atoms with van der Waals surface area (Å²) in [5, 5.41) is 2.49. The molecule has 3 aliphatic rings. The molecule has 1 N–H and O–H groups in total. The van der Waals surface area contributed by atoms with Crippen LogP contribution in [0.2, 0.25) is 0 Å². The van der Waals surface area contributed by atoms with E-state index in [4.69, 9.17) is 0 Å². The highest BCUT2D eigenvalue weighted by Gasteiger charge is 2.32. The van der Waals surface area contributed by atoms with Crippen LogP contribution in [-0.4, -0.2) is 72.0 Å². The lowest BCUT2D eigenvalue weighted by atomic mass is 10.2. The Balaban J connectivity index is 1.11. The lowest BCUT2D eigenvalue weighted by Crippen LogP contribution is -2.52. The minimum absolute atomic E-state index is 0.00326. The molecular weight excluding hydrogens is 424 g/mol. The van der Waals surface area contributed by atoms with Gasteiger partial charge in [-0.3, -0.25) is 19.3 Å². The van der Waals surface area contributed by atoms with Gasteiger partial charge in [0, 0.05) is 49.7 Å². The zero-order valence-electron chi connectivity index (χ0n) is 17.8. The Kier molecular flexibility index (Phi) is 5.89. The lowest BCUT2D eigenvalue weighted by Gasteiger charge is -2.35. The molecule has 1 fully saturated rings. The van der Waals surface area contributed by atoms with Crippen LogP contribution in [0.4, 0.5) is 11.4 Å². The molecule has 2 aromatic rings. The molecule has 0 aliphatic carbocycles. The topological polar surface area (TPSA) is 73.0 Å². The predicted molar refractivity (Wildman–Crippen MR) is 125 cm³/mol. The van der Waals surface area contributed by atoms with E-state index in [1.807, 2.05) is 52.3 Å². The first-order valence-electron chi connectivity index (χ1n) is 11.0. The van der Waals surface area contributed by atoms with Gasteiger partial charge >= 0.3 is 0 Å². The second-order valence-electron chi connectivity index (χ2n) is 8.38. The van der Waals surface area contributed by atoms with Crippen molar-refractivity contribution in [2.75, 3.05) is 49.5 Å². The van der Waals surface area contributed by atoms with E-state index < -0.39 is 5.25 Å². The molecule has 1 saturated heterocycles. The number of fused-ring (bicyclic) bond motifs is 2. The smallest absolute Gasteiger partial charge is 0.241 e. The summed E-state index contributed by atoms with van der Waals surface area (Å²) in [6, 6.07) is 15.7. The van der Waals surface area contributed by atoms with Crippen molar-refractivity contribution in [1.29, 1.82) is 0 Å². The number of benzene rings is 2. The van der Waals surface area contributed by atoms with Crippen molar-refractivity contribution in [2.24, 2.45) is 0 Å². The third-order valence-electron chi connectivity index (χ3n) is 6.34. The largest absolute Gasteiger partial charge is 0.340 e. The van der Waals surface area contributed by atoms with E-state index in [1.54, 1.807) is 0 Å². The quantitative estimate of drug-likeness (QED) is 0.773. The SMILES string of the molecule is O=C1Nc2ccccc2SC1CC(=O)N1CCN(CC(=O)N2CCc3ccccc32)CC1. The number of nitrogens with zero attached hydrogens (tertiary/aromatic N) is 3. The second-order valence-corrected chi connectivity index (χ2v) is 9.62. The molecule has 0 radical (unpaired) electrons. The van der Waals surface area contributed by atoms with Crippen LogP contribution in [0.5, 0.6) is 0 Å². The van der Waals surface area contributed by atoms with E-state index in [0.29, 0.717) is 32.7 Å². The Morgan fingerprint density at radius 1 is 0.938 bits per heavy atom. The molecule has 5 rings (SSSR count). The summed E-state index contributed by atoms with van der Waals surface area (Å²) in [5.41, 5.74) is 3.06. The first-order chi connectivity index (χ1) is 15.6. The van der Waals surface area contributed by atoms with Crippen LogP contribution in [0.3, 0.4) is 0 Å². The third-order valence-corrected chi connectivity index (χ3v) is 7.61. The summed E-state index contributed by atoms with van der Waals surface area (Å²) >= 11 is 1.45. The molecule has 32 heavy (non-hydrogen) atoms. The number of hydrogen-bond acceptors (Lipinski definition) is 5. The molecule has 166 valence electrons. The Hall–Kier alpha value is -2.84. The van der Waals surface area contributed by atoms with Crippen LogP contribution in [0.25, 0.3) is 0 Å². The first-order valence-corrected chi connectivity index (χ1v) is 11.9. The maximum Gasteiger partial charge on any atom is 0.241 e. The number of para-hydroxylation sites is 2. The molecule has 0 spiro atoms. The van der Waals surface area contributed by atoms with Crippen molar-refractivity contribution in [3.63, 3.8) is 0 Å². The monoisotopic (exact) mass is 450 g/mol. The highest BCUT2D eigenvalue weighted by Crippen LogP contribution is 2.36. The number of piperazine rings is 1. The highest BCUT2D eigenvalue weighted by atomic mass is 32.2. The molecule has 3 aliphatic heterocycles. The van der Waals surface area contributed by atoms with Gasteiger partial charge in [0.1, 0.15) is 0 Å². The number of nitrogens with one attached hydrogen (secondary N) is 1. The van der Waals surface area contributed by atoms with Crippen LogP contribution >= 0.6 is 11.8 Å². The fraction of sp³-hybridized carbons (Fsp3) is 0.375. The molecule has 3 amide bonds. The molecule has 7 nitrogen and oxygen atoms in total. The molecule has 8 heteroatoms. The summed E-state index contributed by atoms with van der Waals surface area (Å²) in [5.74, 6) is -0.00248. The van der Waals surface area contributed by atoms with Crippen molar-refractivity contribution in [2.45, 2.75) is 23.0 Å². The number of rotatable bonds is 4. The molecule has 2 aromatic carbocycles. The maximum absolute atomic E-state index is 12.8. The van der Waals surface area contributed by atoms with Gasteiger partial charge in [0.2, 0.25) is 17.7 Å². The van der Waals surface area contributed by atoms with Gasteiger partial charge < -0.3 is 15.1 Å². The van der Waals surface area contributed by atoms with Crippen LogP contribution < -0.4 is 10.2 Å². The summed E-state index contributed by atoms with van der Waals surface area (Å²) < 4.78 is 0. The third kappa shape index (κ3) is 4.25. The number of carbonyl (C=O) groups is 3. The minimum Gasteiger partial charge on any atom is -0.340 e. The van der Waals surface area contributed by atoms with E-state index in [-0.39, 0.29) is 24.1 Å². The molecule has 1 atom stereocenters. The number of carbonyl (C=O) groups excluding carboxylic acids is 3. The predicted octanol–water partition coefficient (Wildman–Crippen LogP) is 2.22. The Labute approximate surface area is 191 Å². The minimum atomic E-state index is -0.410. The summed E-state index contributed by atoms with van der Waals surface area (Å²) in [6.45, 7) is 3.60. The number of thioether (sulfide) groups is 1. The van der Waals surface area contributed by atoms with Crippen LogP contribution in [-0.2, 0) is 20.8 Å². The van der Waals surface area contributed by atoms with Crippen LogP contribution in [0, 0.1) is 0 Å². The molecular formula is C24H26N4O3S. The zero-order valence-corrected chi connectivity index (χ0v) is 18.6. The molecule has 0 bridgehead atoms. The number of anilines is 2. The zero-order chi connectivity index (χ0) is 22.1. The van der Waals surface area contributed by atoms with E-state index in [9.17, 15) is 14.4 Å². The van der Waals surface area contributed by atoms with Crippen molar-refractivity contribution in [1.82, 2.24) is 9.80 Å². The maximum atomic E-state index is 12.8.